The highest BCUT2D eigenvalue weighted by atomic mass is 16.6. The summed E-state index contributed by atoms with van der Waals surface area (Å²) in [4.78, 5) is 49.4. The van der Waals surface area contributed by atoms with E-state index in [1.54, 1.807) is 0 Å². The first-order valence-corrected chi connectivity index (χ1v) is 7.10. The van der Waals surface area contributed by atoms with Gasteiger partial charge in [-0.3, -0.25) is 24.5 Å². The summed E-state index contributed by atoms with van der Waals surface area (Å²) in [6.07, 6.45) is -0.925. The second-order valence-electron chi connectivity index (χ2n) is 4.91. The molecule has 11 nitrogen and oxygen atoms in total. The van der Waals surface area contributed by atoms with Crippen molar-refractivity contribution in [3.8, 4) is 5.75 Å². The minimum absolute atomic E-state index is 0.0727. The van der Waals surface area contributed by atoms with Gasteiger partial charge in [-0.25, -0.2) is 10.3 Å². The minimum Gasteiger partial charge on any atom is -0.410 e. The topological polar surface area (TPSA) is 149 Å². The molecule has 25 heavy (non-hydrogen) atoms. The number of nitro groups is 1. The predicted molar refractivity (Wildman–Crippen MR) is 84.5 cm³/mol. The highest BCUT2D eigenvalue weighted by Gasteiger charge is 2.21. The molecular weight excluding hydrogens is 336 g/mol. The molecule has 3 amide bonds. The maximum atomic E-state index is 11.9. The lowest BCUT2D eigenvalue weighted by Crippen LogP contribution is -2.51. The van der Waals surface area contributed by atoms with Gasteiger partial charge in [0.1, 0.15) is 17.8 Å². The fourth-order valence-corrected chi connectivity index (χ4v) is 1.61. The molecule has 0 bridgehead atoms. The first-order valence-electron chi connectivity index (χ1n) is 7.10. The Morgan fingerprint density at radius 3 is 2.12 bits per heavy atom. The highest BCUT2D eigenvalue weighted by Crippen LogP contribution is 2.17. The van der Waals surface area contributed by atoms with Crippen molar-refractivity contribution in [3.63, 3.8) is 0 Å². The number of nitro benzene ring substituents is 1. The van der Waals surface area contributed by atoms with E-state index in [1.165, 1.54) is 45.2 Å². The molecule has 0 heterocycles. The van der Waals surface area contributed by atoms with Gasteiger partial charge >= 0.3 is 6.09 Å². The molecular formula is C14H18N4O7. The van der Waals surface area contributed by atoms with Crippen LogP contribution < -0.4 is 20.9 Å². The normalized spacial score (nSPS) is 12.4. The summed E-state index contributed by atoms with van der Waals surface area (Å²) in [6, 6.07) is 2.99. The molecule has 0 aliphatic rings. The first kappa shape index (κ1) is 19.8. The average molecular weight is 354 g/mol. The molecule has 11 heteroatoms. The molecule has 0 radical (unpaired) electrons. The van der Waals surface area contributed by atoms with Gasteiger partial charge in [-0.05, 0) is 26.0 Å². The molecule has 1 aromatic carbocycles. The van der Waals surface area contributed by atoms with Crippen molar-refractivity contribution in [3.05, 3.63) is 34.4 Å². The van der Waals surface area contributed by atoms with Crippen LogP contribution in [0.5, 0.6) is 5.75 Å². The molecule has 0 saturated heterocycles. The molecule has 136 valence electrons. The van der Waals surface area contributed by atoms with Crippen molar-refractivity contribution >= 4 is 23.6 Å². The van der Waals surface area contributed by atoms with E-state index in [0.29, 0.717) is 0 Å². The van der Waals surface area contributed by atoms with Crippen LogP contribution in [-0.4, -0.2) is 42.0 Å². The smallest absolute Gasteiger partial charge is 0.410 e. The van der Waals surface area contributed by atoms with Crippen LogP contribution >= 0.6 is 0 Å². The van der Waals surface area contributed by atoms with Crippen LogP contribution in [0.3, 0.4) is 0 Å². The number of carbonyl (C=O) groups is 3. The minimum atomic E-state index is -0.983. The summed E-state index contributed by atoms with van der Waals surface area (Å²) < 4.78 is 4.91. The van der Waals surface area contributed by atoms with Crippen molar-refractivity contribution < 1.29 is 28.9 Å². The number of nitrogens with zero attached hydrogens (tertiary/aromatic N) is 1. The second kappa shape index (κ2) is 9.17. The summed E-state index contributed by atoms with van der Waals surface area (Å²) in [5, 5.41) is 15.2. The summed E-state index contributed by atoms with van der Waals surface area (Å²) in [5.41, 5.74) is 1.91. The lowest BCUT2D eigenvalue weighted by molar-refractivity contribution is -0.384. The van der Waals surface area contributed by atoms with Crippen molar-refractivity contribution in [1.29, 1.82) is 0 Å². The number of amides is 3. The maximum Gasteiger partial charge on any atom is 0.413 e. The third kappa shape index (κ3) is 6.43. The summed E-state index contributed by atoms with van der Waals surface area (Å²) in [7, 11) is 1.25. The van der Waals surface area contributed by atoms with Gasteiger partial charge < -0.3 is 15.4 Å². The zero-order valence-corrected chi connectivity index (χ0v) is 13.8. The lowest BCUT2D eigenvalue weighted by Gasteiger charge is -2.17. The Hall–Kier alpha value is -3.21. The van der Waals surface area contributed by atoms with E-state index in [9.17, 15) is 24.5 Å². The molecule has 3 N–H and O–H groups in total. The summed E-state index contributed by atoms with van der Waals surface area (Å²) in [5.74, 6) is -1.10. The van der Waals surface area contributed by atoms with E-state index >= 15 is 0 Å². The van der Waals surface area contributed by atoms with Gasteiger partial charge in [0.15, 0.2) is 0 Å². The van der Waals surface area contributed by atoms with E-state index in [1.807, 2.05) is 0 Å². The number of hydroxylamine groups is 1. The molecule has 2 unspecified atom stereocenters. The van der Waals surface area contributed by atoms with Gasteiger partial charge in [0.2, 0.25) is 5.91 Å². The van der Waals surface area contributed by atoms with Gasteiger partial charge in [0, 0.05) is 12.1 Å². The Balaban J connectivity index is 2.51. The molecule has 0 spiro atoms. The second-order valence-corrected chi connectivity index (χ2v) is 4.91. The molecule has 0 aromatic heterocycles. The standard InChI is InChI=1S/C14H18N4O7/c1-8(12(19)15-9(2)13(20)17-24-3)16-14(21)25-11-6-4-10(5-7-11)18(22)23/h4-9H,1-3H3,(H,15,19)(H,16,21)(H,17,20). The predicted octanol–water partition coefficient (Wildman–Crippen LogP) is 0.254. The number of benzene rings is 1. The SMILES string of the molecule is CONC(=O)C(C)NC(=O)C(C)NC(=O)Oc1ccc([N+](=O)[O-])cc1. The first-order chi connectivity index (χ1) is 11.7. The Labute approximate surface area is 142 Å². The quantitative estimate of drug-likeness (QED) is 0.469. The molecule has 0 fully saturated rings. The van der Waals surface area contributed by atoms with E-state index < -0.39 is 34.9 Å². The molecule has 2 atom stereocenters. The van der Waals surface area contributed by atoms with Crippen LogP contribution in [0.1, 0.15) is 13.8 Å². The third-order valence-electron chi connectivity index (χ3n) is 2.94. The van der Waals surface area contributed by atoms with Crippen molar-refractivity contribution in [2.24, 2.45) is 0 Å². The number of hydrogen-bond donors (Lipinski definition) is 3. The van der Waals surface area contributed by atoms with Gasteiger partial charge in [0.25, 0.3) is 11.6 Å². The van der Waals surface area contributed by atoms with Crippen LogP contribution in [0.4, 0.5) is 10.5 Å². The summed E-state index contributed by atoms with van der Waals surface area (Å²) in [6.45, 7) is 2.83. The van der Waals surface area contributed by atoms with Gasteiger partial charge in [-0.15, -0.1) is 0 Å². The van der Waals surface area contributed by atoms with Crippen molar-refractivity contribution in [2.75, 3.05) is 7.11 Å². The van der Waals surface area contributed by atoms with E-state index in [0.717, 1.165) is 0 Å². The number of rotatable bonds is 7. The molecule has 1 rings (SSSR count). The average Bonchev–Trinajstić information content (AvgIpc) is 2.55. The summed E-state index contributed by atoms with van der Waals surface area (Å²) >= 11 is 0. The number of nitrogens with one attached hydrogen (secondary N) is 3. The van der Waals surface area contributed by atoms with Gasteiger partial charge in [-0.1, -0.05) is 0 Å². The highest BCUT2D eigenvalue weighted by molar-refractivity contribution is 5.90. The van der Waals surface area contributed by atoms with E-state index in [2.05, 4.69) is 21.0 Å². The molecule has 0 aliphatic carbocycles. The molecule has 1 aromatic rings. The van der Waals surface area contributed by atoms with Crippen molar-refractivity contribution in [2.45, 2.75) is 25.9 Å². The third-order valence-corrected chi connectivity index (χ3v) is 2.94. The fraction of sp³-hybridized carbons (Fsp3) is 0.357. The van der Waals surface area contributed by atoms with Crippen molar-refractivity contribution in [1.82, 2.24) is 16.1 Å². The van der Waals surface area contributed by atoms with Crippen LogP contribution in [0.25, 0.3) is 0 Å². The van der Waals surface area contributed by atoms with Gasteiger partial charge in [-0.2, -0.15) is 0 Å². The largest absolute Gasteiger partial charge is 0.413 e. The van der Waals surface area contributed by atoms with E-state index in [-0.39, 0.29) is 11.4 Å². The van der Waals surface area contributed by atoms with Crippen LogP contribution in [0, 0.1) is 10.1 Å². The lowest BCUT2D eigenvalue weighted by atomic mass is 10.2. The van der Waals surface area contributed by atoms with Gasteiger partial charge in [0.05, 0.1) is 12.0 Å². The zero-order chi connectivity index (χ0) is 19.0. The number of non-ortho nitro benzene ring substituents is 1. The monoisotopic (exact) mass is 354 g/mol. The fourth-order valence-electron chi connectivity index (χ4n) is 1.61. The van der Waals surface area contributed by atoms with E-state index in [4.69, 9.17) is 4.74 Å². The molecule has 0 saturated carbocycles. The number of ether oxygens (including phenoxy) is 1. The Bertz CT molecular complexity index is 647. The number of carbonyl (C=O) groups excluding carboxylic acids is 3. The Morgan fingerprint density at radius 2 is 1.60 bits per heavy atom. The van der Waals surface area contributed by atoms with Crippen LogP contribution in [0.15, 0.2) is 24.3 Å². The zero-order valence-electron chi connectivity index (χ0n) is 13.8. The number of hydrogen-bond acceptors (Lipinski definition) is 7. The Kier molecular flexibility index (Phi) is 7.28. The maximum absolute atomic E-state index is 11.9. The molecule has 0 aliphatic heterocycles. The van der Waals surface area contributed by atoms with Crippen LogP contribution in [0.2, 0.25) is 0 Å². The Morgan fingerprint density at radius 1 is 1.04 bits per heavy atom. The van der Waals surface area contributed by atoms with Crippen LogP contribution in [-0.2, 0) is 14.4 Å².